The highest BCUT2D eigenvalue weighted by molar-refractivity contribution is 5.51. The number of ether oxygens (including phenoxy) is 2. The molecule has 156 valence electrons. The molecule has 2 aliphatic heterocycles. The fourth-order valence-electron chi connectivity index (χ4n) is 4.51. The van der Waals surface area contributed by atoms with Gasteiger partial charge in [-0.3, -0.25) is 4.90 Å². The fraction of sp³-hybridized carbons (Fsp3) is 0.478. The van der Waals surface area contributed by atoms with Crippen LogP contribution in [-0.4, -0.2) is 54.0 Å². The Bertz CT molecular complexity index is 806. The van der Waals surface area contributed by atoms with Gasteiger partial charge in [-0.05, 0) is 55.6 Å². The van der Waals surface area contributed by atoms with E-state index in [1.165, 1.54) is 6.07 Å². The van der Waals surface area contributed by atoms with Gasteiger partial charge in [-0.1, -0.05) is 24.3 Å². The van der Waals surface area contributed by atoms with Gasteiger partial charge in [0.25, 0.3) is 0 Å². The van der Waals surface area contributed by atoms with Crippen LogP contribution in [0.1, 0.15) is 30.1 Å². The van der Waals surface area contributed by atoms with Crippen molar-refractivity contribution in [2.75, 3.05) is 32.8 Å². The van der Waals surface area contributed by atoms with E-state index in [0.717, 1.165) is 49.4 Å². The summed E-state index contributed by atoms with van der Waals surface area (Å²) >= 11 is 0. The number of nitrogens with zero attached hydrogens (tertiary/aromatic N) is 1. The third kappa shape index (κ3) is 4.50. The van der Waals surface area contributed by atoms with Crippen molar-refractivity contribution >= 4 is 0 Å². The van der Waals surface area contributed by atoms with Gasteiger partial charge in [0.2, 0.25) is 0 Å². The number of phenols is 2. The molecule has 0 saturated carbocycles. The second-order valence-corrected chi connectivity index (χ2v) is 7.94. The monoisotopic (exact) mass is 398 g/mol. The van der Waals surface area contributed by atoms with Gasteiger partial charge in [0.15, 0.2) is 11.5 Å². The van der Waals surface area contributed by atoms with E-state index in [9.17, 15) is 10.2 Å². The lowest BCUT2D eigenvalue weighted by atomic mass is 9.83. The molecular weight excluding hydrogens is 368 g/mol. The van der Waals surface area contributed by atoms with Crippen molar-refractivity contribution in [3.63, 3.8) is 0 Å². The van der Waals surface area contributed by atoms with Gasteiger partial charge in [-0.15, -0.1) is 0 Å². The van der Waals surface area contributed by atoms with E-state index in [-0.39, 0.29) is 23.7 Å². The Morgan fingerprint density at radius 1 is 1.07 bits per heavy atom. The topological polar surface area (TPSA) is 88.2 Å². The molecule has 2 atom stereocenters. The molecule has 1 fully saturated rings. The summed E-state index contributed by atoms with van der Waals surface area (Å²) in [5.41, 5.74) is 7.62. The molecule has 6 heteroatoms. The van der Waals surface area contributed by atoms with E-state index in [1.807, 2.05) is 36.4 Å². The number of nitrogens with two attached hydrogens (primary N) is 1. The molecule has 0 aromatic heterocycles. The molecule has 6 nitrogen and oxygen atoms in total. The summed E-state index contributed by atoms with van der Waals surface area (Å²) in [5.74, 6) is 1.23. The Balaban J connectivity index is 1.31. The molecular formula is C23H30N2O4. The van der Waals surface area contributed by atoms with E-state index in [4.69, 9.17) is 15.2 Å². The number of fused-ring (bicyclic) bond motifs is 1. The molecule has 0 bridgehead atoms. The lowest BCUT2D eigenvalue weighted by Crippen LogP contribution is -2.43. The number of hydrogen-bond donors (Lipinski definition) is 3. The van der Waals surface area contributed by atoms with Crippen LogP contribution < -0.4 is 10.5 Å². The van der Waals surface area contributed by atoms with E-state index in [2.05, 4.69) is 4.90 Å². The Labute approximate surface area is 171 Å². The van der Waals surface area contributed by atoms with Gasteiger partial charge in [0.05, 0.1) is 12.2 Å². The summed E-state index contributed by atoms with van der Waals surface area (Å²) in [6, 6.07) is 13.2. The smallest absolute Gasteiger partial charge is 0.161 e. The summed E-state index contributed by atoms with van der Waals surface area (Å²) in [6.07, 6.45) is 2.50. The minimum absolute atomic E-state index is 0.0199. The van der Waals surface area contributed by atoms with E-state index in [1.54, 1.807) is 0 Å². The lowest BCUT2D eigenvalue weighted by molar-refractivity contribution is -0.0650. The number of para-hydroxylation sites is 1. The van der Waals surface area contributed by atoms with Gasteiger partial charge < -0.3 is 25.4 Å². The van der Waals surface area contributed by atoms with E-state index < -0.39 is 0 Å². The average molecular weight is 399 g/mol. The quantitative estimate of drug-likeness (QED) is 0.649. The van der Waals surface area contributed by atoms with Crippen LogP contribution in [0, 0.1) is 5.92 Å². The summed E-state index contributed by atoms with van der Waals surface area (Å²) in [6.45, 7) is 3.98. The van der Waals surface area contributed by atoms with Crippen LogP contribution in [0.2, 0.25) is 0 Å². The lowest BCUT2D eigenvalue weighted by Gasteiger charge is -2.40. The molecule has 0 aliphatic carbocycles. The van der Waals surface area contributed by atoms with Crippen molar-refractivity contribution in [1.29, 1.82) is 0 Å². The second-order valence-electron chi connectivity index (χ2n) is 7.94. The molecule has 4 N–H and O–H groups in total. The Morgan fingerprint density at radius 3 is 2.55 bits per heavy atom. The summed E-state index contributed by atoms with van der Waals surface area (Å²) in [7, 11) is 0. The molecule has 2 unspecified atom stereocenters. The summed E-state index contributed by atoms with van der Waals surface area (Å²) in [4.78, 5) is 2.43. The van der Waals surface area contributed by atoms with Crippen LogP contribution >= 0.6 is 0 Å². The van der Waals surface area contributed by atoms with Gasteiger partial charge in [0.1, 0.15) is 12.4 Å². The van der Waals surface area contributed by atoms with E-state index >= 15 is 0 Å². The van der Waals surface area contributed by atoms with Crippen LogP contribution in [0.4, 0.5) is 0 Å². The summed E-state index contributed by atoms with van der Waals surface area (Å²) < 4.78 is 12.1. The third-order valence-corrected chi connectivity index (χ3v) is 6.18. The fourth-order valence-corrected chi connectivity index (χ4v) is 4.51. The van der Waals surface area contributed by atoms with Crippen molar-refractivity contribution in [3.8, 4) is 17.2 Å². The zero-order chi connectivity index (χ0) is 20.2. The van der Waals surface area contributed by atoms with Crippen molar-refractivity contribution < 1.29 is 19.7 Å². The van der Waals surface area contributed by atoms with Crippen LogP contribution in [0.3, 0.4) is 0 Å². The second kappa shape index (κ2) is 9.03. The van der Waals surface area contributed by atoms with Crippen LogP contribution in [0.25, 0.3) is 0 Å². The molecule has 0 radical (unpaired) electrons. The molecule has 2 aromatic rings. The van der Waals surface area contributed by atoms with Crippen LogP contribution in [-0.2, 0) is 11.2 Å². The normalized spacial score (nSPS) is 22.9. The van der Waals surface area contributed by atoms with Crippen molar-refractivity contribution in [1.82, 2.24) is 4.90 Å². The number of piperidine rings is 1. The first-order valence-corrected chi connectivity index (χ1v) is 10.4. The molecule has 29 heavy (non-hydrogen) atoms. The first kappa shape index (κ1) is 20.0. The van der Waals surface area contributed by atoms with Crippen molar-refractivity contribution in [3.05, 3.63) is 53.6 Å². The molecule has 1 saturated heterocycles. The Kier molecular flexibility index (Phi) is 6.23. The van der Waals surface area contributed by atoms with Gasteiger partial charge in [-0.25, -0.2) is 0 Å². The molecule has 2 heterocycles. The zero-order valence-electron chi connectivity index (χ0n) is 16.7. The maximum absolute atomic E-state index is 10.3. The third-order valence-electron chi connectivity index (χ3n) is 6.18. The number of phenolic OH excluding ortho intramolecular Hbond substituents is 2. The SMILES string of the molecule is NCC1OC(C2CCN(CCOc3ccccc3)CC2)Cc2c1ccc(O)c2O. The molecule has 0 spiro atoms. The highest BCUT2D eigenvalue weighted by atomic mass is 16.5. The van der Waals surface area contributed by atoms with E-state index in [0.29, 0.717) is 25.5 Å². The van der Waals surface area contributed by atoms with Crippen molar-refractivity contribution in [2.24, 2.45) is 11.7 Å². The van der Waals surface area contributed by atoms with Gasteiger partial charge >= 0.3 is 0 Å². The number of rotatable bonds is 6. The highest BCUT2D eigenvalue weighted by Crippen LogP contribution is 2.42. The van der Waals surface area contributed by atoms with Gasteiger partial charge in [0, 0.05) is 25.1 Å². The molecule has 0 amide bonds. The molecule has 2 aromatic carbocycles. The first-order chi connectivity index (χ1) is 14.2. The number of likely N-dealkylation sites (tertiary alicyclic amines) is 1. The highest BCUT2D eigenvalue weighted by Gasteiger charge is 2.35. The minimum Gasteiger partial charge on any atom is -0.504 e. The predicted molar refractivity (Wildman–Crippen MR) is 111 cm³/mol. The number of benzene rings is 2. The van der Waals surface area contributed by atoms with Crippen LogP contribution in [0.15, 0.2) is 42.5 Å². The molecule has 4 rings (SSSR count). The standard InChI is InChI=1S/C23H30N2O4/c24-15-22-18-6-7-20(26)23(27)19(18)14-21(29-22)16-8-10-25(11-9-16)12-13-28-17-4-2-1-3-5-17/h1-7,16,21-22,26-27H,8-15,24H2. The number of hydrogen-bond acceptors (Lipinski definition) is 6. The Hall–Kier alpha value is -2.28. The van der Waals surface area contributed by atoms with Gasteiger partial charge in [-0.2, -0.15) is 0 Å². The maximum Gasteiger partial charge on any atom is 0.161 e. The minimum atomic E-state index is -0.229. The predicted octanol–water partition coefficient (Wildman–Crippen LogP) is 2.83. The zero-order valence-corrected chi connectivity index (χ0v) is 16.7. The maximum atomic E-state index is 10.3. The number of aromatic hydroxyl groups is 2. The average Bonchev–Trinajstić information content (AvgIpc) is 2.77. The Morgan fingerprint density at radius 2 is 1.83 bits per heavy atom. The largest absolute Gasteiger partial charge is 0.504 e. The molecule has 2 aliphatic rings. The van der Waals surface area contributed by atoms with Crippen molar-refractivity contribution in [2.45, 2.75) is 31.5 Å². The van der Waals surface area contributed by atoms with Crippen LogP contribution in [0.5, 0.6) is 17.2 Å². The summed E-state index contributed by atoms with van der Waals surface area (Å²) in [5, 5.41) is 20.2. The first-order valence-electron chi connectivity index (χ1n) is 10.4.